The van der Waals surface area contributed by atoms with Gasteiger partial charge in [0.15, 0.2) is 16.6 Å². The highest BCUT2D eigenvalue weighted by atomic mass is 35.5. The van der Waals surface area contributed by atoms with Crippen molar-refractivity contribution in [3.8, 4) is 0 Å². The summed E-state index contributed by atoms with van der Waals surface area (Å²) < 4.78 is 11.0. The molecule has 0 bridgehead atoms. The summed E-state index contributed by atoms with van der Waals surface area (Å²) in [6.45, 7) is 11.4. The molecule has 0 aromatic rings. The summed E-state index contributed by atoms with van der Waals surface area (Å²) in [5.74, 6) is 0.597. The van der Waals surface area contributed by atoms with Crippen LogP contribution in [-0.4, -0.2) is 35.2 Å². The van der Waals surface area contributed by atoms with Crippen molar-refractivity contribution >= 4 is 34.3 Å². The predicted molar refractivity (Wildman–Crippen MR) is 81.2 cm³/mol. The lowest BCUT2D eigenvalue weighted by atomic mass is 10.2. The van der Waals surface area contributed by atoms with Crippen LogP contribution in [0.3, 0.4) is 0 Å². The number of nitrogens with two attached hydrogens (primary N) is 1. The molecular weight excluding hydrogens is 286 g/mol. The third-order valence-electron chi connectivity index (χ3n) is 2.68. The predicted octanol–water partition coefficient (Wildman–Crippen LogP) is 3.53. The zero-order valence-electron chi connectivity index (χ0n) is 12.1. The topological polar surface area (TPSA) is 61.6 Å². The lowest BCUT2D eigenvalue weighted by Crippen LogP contribution is -2.46. The van der Waals surface area contributed by atoms with Crippen LogP contribution in [0.25, 0.3) is 0 Å². The molecule has 1 amide bonds. The summed E-state index contributed by atoms with van der Waals surface area (Å²) in [6.07, 6.45) is 0.985. The van der Waals surface area contributed by atoms with Gasteiger partial charge < -0.3 is 14.6 Å². The minimum absolute atomic E-state index is 0.361. The zero-order chi connectivity index (χ0) is 14.4. The summed E-state index contributed by atoms with van der Waals surface area (Å²) in [5.41, 5.74) is 5.29. The number of carbonyl (C=O) groups is 1. The maximum absolute atomic E-state index is 10.5. The lowest BCUT2D eigenvalue weighted by Gasteiger charge is -2.37. The van der Waals surface area contributed by atoms with Crippen LogP contribution < -0.4 is 5.73 Å². The van der Waals surface area contributed by atoms with Gasteiger partial charge in [-0.2, -0.15) is 0 Å². The van der Waals surface area contributed by atoms with Crippen molar-refractivity contribution in [3.05, 3.63) is 0 Å². The molecule has 0 saturated heterocycles. The van der Waals surface area contributed by atoms with Gasteiger partial charge in [0, 0.05) is 5.88 Å². The number of carbonyl (C=O) groups excluding carboxylic acids is 1. The van der Waals surface area contributed by atoms with Gasteiger partial charge in [-0.25, -0.2) is 4.79 Å². The molecule has 1 atom stereocenters. The van der Waals surface area contributed by atoms with E-state index in [1.165, 1.54) is 0 Å². The molecule has 0 radical (unpaired) electrons. The number of alkyl halides is 1. The molecule has 18 heavy (non-hydrogen) atoms. The van der Waals surface area contributed by atoms with E-state index in [9.17, 15) is 4.79 Å². The summed E-state index contributed by atoms with van der Waals surface area (Å²) in [7, 11) is -3.33. The van der Waals surface area contributed by atoms with Gasteiger partial charge in [0.05, 0.1) is 6.61 Å². The Morgan fingerprint density at radius 3 is 2.22 bits per heavy atom. The Kier molecular flexibility index (Phi) is 7.50. The number of halogens is 1. The maximum Gasteiger partial charge on any atom is 0.404 e. The van der Waals surface area contributed by atoms with Crippen LogP contribution in [0.5, 0.6) is 0 Å². The van der Waals surface area contributed by atoms with Crippen molar-refractivity contribution < 1.29 is 13.6 Å². The van der Waals surface area contributed by atoms with Crippen molar-refractivity contribution in [2.45, 2.75) is 51.1 Å². The summed E-state index contributed by atoms with van der Waals surface area (Å²) in [5, 5.41) is 0. The zero-order valence-corrected chi connectivity index (χ0v) is 14.8. The first-order chi connectivity index (χ1) is 8.08. The van der Waals surface area contributed by atoms with Crippen LogP contribution in [0.15, 0.2) is 0 Å². The molecule has 0 aromatic heterocycles. The molecule has 0 saturated carbocycles. The van der Waals surface area contributed by atoms with E-state index >= 15 is 0 Å². The fourth-order valence-electron chi connectivity index (χ4n) is 1.99. The minimum Gasteiger partial charge on any atom is -0.455 e. The van der Waals surface area contributed by atoms with E-state index in [-0.39, 0.29) is 0 Å². The molecule has 0 fully saturated rings. The molecule has 2 N–H and O–H groups in total. The second kappa shape index (κ2) is 7.52. The number of ether oxygens (including phenoxy) is 1. The highest BCUT2D eigenvalue weighted by molar-refractivity contribution is 6.85. The molecular formula is C11H26ClNO3Si2. The van der Waals surface area contributed by atoms with Crippen LogP contribution in [0.4, 0.5) is 4.79 Å². The number of primary amides is 1. The van der Waals surface area contributed by atoms with Gasteiger partial charge in [-0.3, -0.25) is 0 Å². The molecule has 0 spiro atoms. The van der Waals surface area contributed by atoms with Gasteiger partial charge in [-0.15, -0.1) is 11.6 Å². The van der Waals surface area contributed by atoms with Crippen molar-refractivity contribution in [3.63, 3.8) is 0 Å². The highest BCUT2D eigenvalue weighted by Crippen LogP contribution is 2.31. The first-order valence-corrected chi connectivity index (χ1v) is 13.2. The Labute approximate surface area is 117 Å². The van der Waals surface area contributed by atoms with Gasteiger partial charge in [-0.1, -0.05) is 0 Å². The number of hydrogen-bond donors (Lipinski definition) is 1. The smallest absolute Gasteiger partial charge is 0.404 e. The first-order valence-electron chi connectivity index (χ1n) is 6.27. The molecule has 4 nitrogen and oxygen atoms in total. The third kappa shape index (κ3) is 8.13. The van der Waals surface area contributed by atoms with E-state index in [1.54, 1.807) is 0 Å². The van der Waals surface area contributed by atoms with E-state index in [4.69, 9.17) is 26.2 Å². The van der Waals surface area contributed by atoms with Crippen LogP contribution in [-0.2, 0) is 8.85 Å². The van der Waals surface area contributed by atoms with E-state index < -0.39 is 22.7 Å². The Balaban J connectivity index is 4.25. The van der Waals surface area contributed by atoms with Crippen molar-refractivity contribution in [2.24, 2.45) is 5.73 Å². The molecule has 0 heterocycles. The summed E-state index contributed by atoms with van der Waals surface area (Å²) in [4.78, 5) is 10.5. The second-order valence-electron chi connectivity index (χ2n) is 5.98. The van der Waals surface area contributed by atoms with Gasteiger partial charge >= 0.3 is 6.09 Å². The Bertz CT molecular complexity index is 270. The molecule has 0 aliphatic carbocycles. The molecule has 0 aromatic carbocycles. The van der Waals surface area contributed by atoms with Crippen LogP contribution in [0, 0.1) is 0 Å². The van der Waals surface area contributed by atoms with Gasteiger partial charge in [0.2, 0.25) is 0 Å². The normalized spacial score (nSPS) is 14.3. The van der Waals surface area contributed by atoms with Crippen molar-refractivity contribution in [1.82, 2.24) is 0 Å². The van der Waals surface area contributed by atoms with Gasteiger partial charge in [0.1, 0.15) is 0 Å². The Morgan fingerprint density at radius 2 is 1.83 bits per heavy atom. The fourth-order valence-corrected chi connectivity index (χ4v) is 11.5. The minimum atomic E-state index is -1.79. The van der Waals surface area contributed by atoms with E-state index in [1.807, 2.05) is 0 Å². The van der Waals surface area contributed by atoms with Crippen LogP contribution in [0.2, 0.25) is 38.3 Å². The number of hydrogen-bond acceptors (Lipinski definition) is 3. The maximum atomic E-state index is 10.5. The van der Waals surface area contributed by atoms with Gasteiger partial charge in [-0.05, 0) is 51.1 Å². The van der Waals surface area contributed by atoms with E-state index in [0.29, 0.717) is 18.0 Å². The molecule has 1 unspecified atom stereocenters. The second-order valence-corrected chi connectivity index (χ2v) is 15.4. The molecule has 0 rings (SSSR count). The van der Waals surface area contributed by atoms with Gasteiger partial charge in [0.25, 0.3) is 0 Å². The highest BCUT2D eigenvalue weighted by Gasteiger charge is 2.36. The quantitative estimate of drug-likeness (QED) is 0.424. The average Bonchev–Trinajstić information content (AvgIpc) is 2.12. The third-order valence-corrected chi connectivity index (χ3v) is 10.3. The summed E-state index contributed by atoms with van der Waals surface area (Å²) in [6, 6.07) is 0. The number of rotatable bonds is 8. The Morgan fingerprint density at radius 1 is 1.28 bits per heavy atom. The molecule has 108 valence electrons. The Hall–Kier alpha value is -0.0462. The fraction of sp³-hybridized carbons (Fsp3) is 0.909. The number of amides is 1. The van der Waals surface area contributed by atoms with Crippen molar-refractivity contribution in [2.75, 3.05) is 12.5 Å². The largest absolute Gasteiger partial charge is 0.455 e. The van der Waals surface area contributed by atoms with E-state index in [2.05, 4.69) is 32.7 Å². The lowest BCUT2D eigenvalue weighted by molar-refractivity contribution is 0.154. The first kappa shape index (κ1) is 18.0. The van der Waals surface area contributed by atoms with Crippen LogP contribution >= 0.6 is 11.6 Å². The van der Waals surface area contributed by atoms with Crippen LogP contribution in [0.1, 0.15) is 12.8 Å². The molecule has 0 aliphatic heterocycles. The average molecular weight is 312 g/mol. The molecule has 7 heteroatoms. The SMILES string of the molecule is C[Si](C)(C)O[Si](C)(C)C(CCl)CCCOC(N)=O. The molecule has 0 aliphatic rings. The summed E-state index contributed by atoms with van der Waals surface area (Å²) >= 11 is 6.06. The monoisotopic (exact) mass is 311 g/mol. The van der Waals surface area contributed by atoms with E-state index in [0.717, 1.165) is 12.8 Å². The van der Waals surface area contributed by atoms with Crippen molar-refractivity contribution in [1.29, 1.82) is 0 Å². The standard InChI is InChI=1S/C11H26ClNO3Si2/c1-17(2,3)16-18(4,5)10(9-12)7-6-8-15-11(13)14/h10H,6-9H2,1-5H3,(H2,13,14).